The van der Waals surface area contributed by atoms with E-state index >= 15 is 0 Å². The minimum absolute atomic E-state index is 0.129. The number of carbonyl (C=O) groups excluding carboxylic acids is 3. The molecule has 1 aliphatic heterocycles. The standard InChI is InChI=1S/C25H33N3O7/c1-14(2)21(23(30)35-25(5,6)7)26-22(29)20-16(4)27(24(31)34-8)15(3)12-19(20)17-10-9-11-18(13-17)28(32)33/h9-14,19,21H,1-8H3,(H,26,29)/t19-,21+/m0/s1. The van der Waals surface area contributed by atoms with Crippen LogP contribution in [0, 0.1) is 16.0 Å². The first-order valence-corrected chi connectivity index (χ1v) is 11.2. The quantitative estimate of drug-likeness (QED) is 0.357. The summed E-state index contributed by atoms with van der Waals surface area (Å²) in [6, 6.07) is 5.00. The summed E-state index contributed by atoms with van der Waals surface area (Å²) in [7, 11) is 1.23. The predicted octanol–water partition coefficient (Wildman–Crippen LogP) is 4.42. The molecule has 1 heterocycles. The molecule has 1 aromatic carbocycles. The van der Waals surface area contributed by atoms with Gasteiger partial charge in [0.15, 0.2) is 0 Å². The molecule has 0 aliphatic carbocycles. The van der Waals surface area contributed by atoms with Gasteiger partial charge in [-0.2, -0.15) is 0 Å². The van der Waals surface area contributed by atoms with Gasteiger partial charge in [0.05, 0.1) is 12.0 Å². The lowest BCUT2D eigenvalue weighted by Gasteiger charge is -2.34. The maximum Gasteiger partial charge on any atom is 0.418 e. The molecule has 0 spiro atoms. The molecule has 2 amide bonds. The summed E-state index contributed by atoms with van der Waals surface area (Å²) in [5, 5.41) is 14.1. The molecule has 0 saturated heterocycles. The second-order valence-electron chi connectivity index (χ2n) is 9.67. The number of non-ortho nitro benzene ring substituents is 1. The molecule has 1 aromatic rings. The average molecular weight is 488 g/mol. The van der Waals surface area contributed by atoms with Gasteiger partial charge in [0.1, 0.15) is 11.6 Å². The third-order valence-electron chi connectivity index (χ3n) is 5.45. The van der Waals surface area contributed by atoms with E-state index in [-0.39, 0.29) is 22.9 Å². The number of allylic oxidation sites excluding steroid dienone is 3. The summed E-state index contributed by atoms with van der Waals surface area (Å²) in [6.45, 7) is 12.0. The van der Waals surface area contributed by atoms with Crippen molar-refractivity contribution >= 4 is 23.7 Å². The molecule has 0 bridgehead atoms. The van der Waals surface area contributed by atoms with Crippen LogP contribution in [0.4, 0.5) is 10.5 Å². The highest BCUT2D eigenvalue weighted by Crippen LogP contribution is 2.38. The fourth-order valence-corrected chi connectivity index (χ4v) is 3.86. The number of rotatable bonds is 6. The van der Waals surface area contributed by atoms with Gasteiger partial charge in [-0.25, -0.2) is 9.59 Å². The van der Waals surface area contributed by atoms with Crippen LogP contribution in [0.3, 0.4) is 0 Å². The van der Waals surface area contributed by atoms with Crippen molar-refractivity contribution in [1.29, 1.82) is 0 Å². The largest absolute Gasteiger partial charge is 0.458 e. The van der Waals surface area contributed by atoms with E-state index in [4.69, 9.17) is 9.47 Å². The van der Waals surface area contributed by atoms with Crippen molar-refractivity contribution in [3.63, 3.8) is 0 Å². The van der Waals surface area contributed by atoms with E-state index in [1.54, 1.807) is 60.6 Å². The number of hydrogen-bond acceptors (Lipinski definition) is 7. The van der Waals surface area contributed by atoms with Crippen molar-refractivity contribution < 1.29 is 28.8 Å². The van der Waals surface area contributed by atoms with E-state index in [9.17, 15) is 24.5 Å². The van der Waals surface area contributed by atoms with Crippen LogP contribution in [0.5, 0.6) is 0 Å². The summed E-state index contributed by atoms with van der Waals surface area (Å²) < 4.78 is 10.4. The Morgan fingerprint density at radius 2 is 1.80 bits per heavy atom. The molecule has 0 saturated carbocycles. The Kier molecular flexibility index (Phi) is 8.43. The summed E-state index contributed by atoms with van der Waals surface area (Å²) >= 11 is 0. The monoisotopic (exact) mass is 487 g/mol. The fourth-order valence-electron chi connectivity index (χ4n) is 3.86. The van der Waals surface area contributed by atoms with Crippen LogP contribution in [-0.2, 0) is 19.1 Å². The van der Waals surface area contributed by atoms with E-state index in [1.165, 1.54) is 30.2 Å². The lowest BCUT2D eigenvalue weighted by atomic mass is 9.85. The highest BCUT2D eigenvalue weighted by molar-refractivity contribution is 5.99. The number of esters is 1. The maximum atomic E-state index is 13.6. The number of nitrogens with one attached hydrogen (secondary N) is 1. The Morgan fingerprint density at radius 1 is 1.17 bits per heavy atom. The van der Waals surface area contributed by atoms with Crippen molar-refractivity contribution in [2.45, 2.75) is 66.0 Å². The molecule has 10 nitrogen and oxygen atoms in total. The number of nitro groups is 1. The summed E-state index contributed by atoms with van der Waals surface area (Å²) in [5.74, 6) is -2.18. The summed E-state index contributed by atoms with van der Waals surface area (Å²) in [5.41, 5.74) is 0.562. The van der Waals surface area contributed by atoms with Crippen LogP contribution >= 0.6 is 0 Å². The Hall–Kier alpha value is -3.69. The van der Waals surface area contributed by atoms with Crippen molar-refractivity contribution in [1.82, 2.24) is 10.2 Å². The molecule has 1 N–H and O–H groups in total. The van der Waals surface area contributed by atoms with Crippen LogP contribution in [0.15, 0.2) is 47.3 Å². The smallest absolute Gasteiger partial charge is 0.418 e. The lowest BCUT2D eigenvalue weighted by molar-refractivity contribution is -0.384. The Bertz CT molecular complexity index is 1080. The second-order valence-corrected chi connectivity index (χ2v) is 9.67. The van der Waals surface area contributed by atoms with Gasteiger partial charge in [0.2, 0.25) is 0 Å². The van der Waals surface area contributed by atoms with Crippen molar-refractivity contribution in [2.24, 2.45) is 5.92 Å². The van der Waals surface area contributed by atoms with Gasteiger partial charge in [-0.15, -0.1) is 0 Å². The minimum Gasteiger partial charge on any atom is -0.458 e. The summed E-state index contributed by atoms with van der Waals surface area (Å²) in [6.07, 6.45) is 0.974. The van der Waals surface area contributed by atoms with Crippen LogP contribution < -0.4 is 5.32 Å². The SMILES string of the molecule is COC(=O)N1C(C)=C[C@@H](c2cccc([N+](=O)[O-])c2)C(C(=O)N[C@@H](C(=O)OC(C)(C)C)C(C)C)=C1C. The molecule has 2 rings (SSSR count). The number of carbonyl (C=O) groups is 3. The van der Waals surface area contributed by atoms with Gasteiger partial charge < -0.3 is 14.8 Å². The van der Waals surface area contributed by atoms with E-state index in [2.05, 4.69) is 5.32 Å². The molecular formula is C25H33N3O7. The minimum atomic E-state index is -0.952. The van der Waals surface area contributed by atoms with Gasteiger partial charge in [-0.1, -0.05) is 32.1 Å². The zero-order valence-electron chi connectivity index (χ0n) is 21.4. The number of nitro benzene ring substituents is 1. The Balaban J connectivity index is 2.58. The third kappa shape index (κ3) is 6.46. The number of amides is 2. The van der Waals surface area contributed by atoms with Crippen LogP contribution in [0.25, 0.3) is 0 Å². The highest BCUT2D eigenvalue weighted by Gasteiger charge is 2.37. The Morgan fingerprint density at radius 3 is 2.31 bits per heavy atom. The van der Waals surface area contributed by atoms with Gasteiger partial charge in [0, 0.05) is 35.0 Å². The van der Waals surface area contributed by atoms with Crippen LogP contribution in [0.1, 0.15) is 59.9 Å². The van der Waals surface area contributed by atoms with Gasteiger partial charge >= 0.3 is 12.1 Å². The first-order chi connectivity index (χ1) is 16.2. The van der Waals surface area contributed by atoms with E-state index in [1.807, 2.05) is 0 Å². The van der Waals surface area contributed by atoms with E-state index in [0.29, 0.717) is 11.3 Å². The molecule has 0 radical (unpaired) electrons. The van der Waals surface area contributed by atoms with Crippen LogP contribution in [0.2, 0.25) is 0 Å². The first kappa shape index (κ1) is 27.6. The second kappa shape index (κ2) is 10.7. The molecular weight excluding hydrogens is 454 g/mol. The van der Waals surface area contributed by atoms with Gasteiger partial charge in [-0.3, -0.25) is 19.8 Å². The average Bonchev–Trinajstić information content (AvgIpc) is 2.75. The molecule has 0 aromatic heterocycles. The predicted molar refractivity (Wildman–Crippen MR) is 129 cm³/mol. The van der Waals surface area contributed by atoms with Crippen molar-refractivity contribution in [2.75, 3.05) is 7.11 Å². The van der Waals surface area contributed by atoms with E-state index < -0.39 is 40.5 Å². The van der Waals surface area contributed by atoms with E-state index in [0.717, 1.165) is 0 Å². The molecule has 190 valence electrons. The number of nitrogens with zero attached hydrogens (tertiary/aromatic N) is 2. The zero-order chi connectivity index (χ0) is 26.7. The highest BCUT2D eigenvalue weighted by atomic mass is 16.6. The zero-order valence-corrected chi connectivity index (χ0v) is 21.4. The molecule has 2 atom stereocenters. The lowest BCUT2D eigenvalue weighted by Crippen LogP contribution is -2.49. The van der Waals surface area contributed by atoms with Crippen molar-refractivity contribution in [3.05, 3.63) is 63.0 Å². The molecule has 0 fully saturated rings. The van der Waals surface area contributed by atoms with Gasteiger partial charge in [-0.05, 0) is 46.1 Å². The molecule has 35 heavy (non-hydrogen) atoms. The van der Waals surface area contributed by atoms with Crippen molar-refractivity contribution in [3.8, 4) is 0 Å². The molecule has 1 aliphatic rings. The first-order valence-electron chi connectivity index (χ1n) is 11.2. The normalized spacial score (nSPS) is 17.0. The number of hydrogen-bond donors (Lipinski definition) is 1. The van der Waals surface area contributed by atoms with Crippen LogP contribution in [-0.4, -0.2) is 46.5 Å². The maximum absolute atomic E-state index is 13.6. The topological polar surface area (TPSA) is 128 Å². The van der Waals surface area contributed by atoms with Gasteiger partial charge in [0.25, 0.3) is 11.6 Å². The summed E-state index contributed by atoms with van der Waals surface area (Å²) in [4.78, 5) is 51.0. The number of benzene rings is 1. The number of methoxy groups -OCH3 is 1. The molecule has 0 unspecified atom stereocenters. The Labute approximate surface area is 205 Å². The fraction of sp³-hybridized carbons (Fsp3) is 0.480. The number of ether oxygens (including phenoxy) is 2. The molecule has 10 heteroatoms. The third-order valence-corrected chi connectivity index (χ3v) is 5.45.